The van der Waals surface area contributed by atoms with Gasteiger partial charge >= 0.3 is 0 Å². The number of nitrogens with two attached hydrogens (primary N) is 1. The normalized spacial score (nSPS) is 9.92. The second-order valence-corrected chi connectivity index (χ2v) is 2.64. The minimum atomic E-state index is 0.770. The molecule has 4 nitrogen and oxygen atoms in total. The zero-order valence-corrected chi connectivity index (χ0v) is 7.01. The fraction of sp³-hybridized carbons (Fsp3) is 0. The van der Waals surface area contributed by atoms with Crippen LogP contribution in [0.1, 0.15) is 0 Å². The van der Waals surface area contributed by atoms with Gasteiger partial charge in [0.15, 0.2) is 0 Å². The predicted molar refractivity (Wildman–Crippen MR) is 51.4 cm³/mol. The molecule has 66 valence electrons. The van der Waals surface area contributed by atoms with E-state index in [1.807, 2.05) is 30.3 Å². The van der Waals surface area contributed by atoms with E-state index in [0.717, 1.165) is 11.5 Å². The standard InChI is InChI=1S/C9H10N4/c10-13(9-6-11-7-12-9)8-4-2-1-3-5-8/h1-7H,10H2,(H,11,12). The van der Waals surface area contributed by atoms with Gasteiger partial charge in [-0.2, -0.15) is 0 Å². The van der Waals surface area contributed by atoms with Crippen LogP contribution in [0.4, 0.5) is 11.5 Å². The molecule has 1 heterocycles. The van der Waals surface area contributed by atoms with Crippen molar-refractivity contribution < 1.29 is 0 Å². The van der Waals surface area contributed by atoms with Crippen molar-refractivity contribution in [3.8, 4) is 0 Å². The van der Waals surface area contributed by atoms with E-state index in [9.17, 15) is 0 Å². The number of hydrazine groups is 1. The molecule has 2 aromatic rings. The molecule has 0 bridgehead atoms. The van der Waals surface area contributed by atoms with Crippen molar-refractivity contribution >= 4 is 11.5 Å². The summed E-state index contributed by atoms with van der Waals surface area (Å²) in [7, 11) is 0. The van der Waals surface area contributed by atoms with Crippen molar-refractivity contribution in [2.75, 3.05) is 5.01 Å². The van der Waals surface area contributed by atoms with Crippen LogP contribution < -0.4 is 10.9 Å². The number of anilines is 2. The van der Waals surface area contributed by atoms with Gasteiger partial charge in [-0.1, -0.05) is 18.2 Å². The van der Waals surface area contributed by atoms with E-state index >= 15 is 0 Å². The van der Waals surface area contributed by atoms with E-state index < -0.39 is 0 Å². The van der Waals surface area contributed by atoms with Gasteiger partial charge in [-0.25, -0.2) is 10.8 Å². The first-order chi connectivity index (χ1) is 6.38. The van der Waals surface area contributed by atoms with Crippen LogP contribution in [-0.4, -0.2) is 9.97 Å². The Hall–Kier alpha value is -1.81. The highest BCUT2D eigenvalue weighted by molar-refractivity contribution is 5.56. The first-order valence-electron chi connectivity index (χ1n) is 3.96. The summed E-state index contributed by atoms with van der Waals surface area (Å²) in [6.07, 6.45) is 3.27. The van der Waals surface area contributed by atoms with E-state index in [1.165, 1.54) is 0 Å². The smallest absolute Gasteiger partial charge is 0.144 e. The molecule has 0 spiro atoms. The second kappa shape index (κ2) is 3.28. The molecule has 0 saturated carbocycles. The summed E-state index contributed by atoms with van der Waals surface area (Å²) in [4.78, 5) is 6.82. The molecule has 0 atom stereocenters. The number of aromatic amines is 1. The molecule has 13 heavy (non-hydrogen) atoms. The molecule has 0 fully saturated rings. The SMILES string of the molecule is NN(c1ccccc1)c1cnc[nH]1. The highest BCUT2D eigenvalue weighted by Gasteiger charge is 2.03. The Morgan fingerprint density at radius 2 is 2.00 bits per heavy atom. The molecule has 0 radical (unpaired) electrons. The summed E-state index contributed by atoms with van der Waals surface area (Å²) in [6, 6.07) is 9.68. The van der Waals surface area contributed by atoms with Gasteiger partial charge < -0.3 is 4.98 Å². The number of nitrogens with one attached hydrogen (secondary N) is 1. The number of nitrogens with zero attached hydrogens (tertiary/aromatic N) is 2. The van der Waals surface area contributed by atoms with Crippen LogP contribution in [0.3, 0.4) is 0 Å². The van der Waals surface area contributed by atoms with E-state index in [2.05, 4.69) is 9.97 Å². The van der Waals surface area contributed by atoms with E-state index in [4.69, 9.17) is 5.84 Å². The maximum atomic E-state index is 5.82. The van der Waals surface area contributed by atoms with Crippen molar-refractivity contribution in [2.24, 2.45) is 5.84 Å². The second-order valence-electron chi connectivity index (χ2n) is 2.64. The third-order valence-electron chi connectivity index (χ3n) is 1.78. The highest BCUT2D eigenvalue weighted by atomic mass is 15.4. The molecule has 2 rings (SSSR count). The Bertz CT molecular complexity index is 354. The molecule has 4 heteroatoms. The topological polar surface area (TPSA) is 57.9 Å². The lowest BCUT2D eigenvalue weighted by molar-refractivity contribution is 1.05. The minimum Gasteiger partial charge on any atom is -0.330 e. The van der Waals surface area contributed by atoms with Crippen LogP contribution >= 0.6 is 0 Å². The quantitative estimate of drug-likeness (QED) is 0.534. The number of imidazole rings is 1. The van der Waals surface area contributed by atoms with Crippen LogP contribution in [0.25, 0.3) is 0 Å². The monoisotopic (exact) mass is 174 g/mol. The Labute approximate surface area is 76.0 Å². The van der Waals surface area contributed by atoms with Gasteiger partial charge in [-0.3, -0.25) is 5.01 Å². The number of hydrogen-bond donors (Lipinski definition) is 2. The van der Waals surface area contributed by atoms with Gasteiger partial charge in [0.25, 0.3) is 0 Å². The van der Waals surface area contributed by atoms with Crippen LogP contribution in [0, 0.1) is 0 Å². The number of benzene rings is 1. The average molecular weight is 174 g/mol. The molecule has 0 aliphatic rings. The number of para-hydroxylation sites is 1. The van der Waals surface area contributed by atoms with Crippen molar-refractivity contribution in [3.63, 3.8) is 0 Å². The third kappa shape index (κ3) is 1.52. The Balaban J connectivity index is 2.29. The fourth-order valence-electron chi connectivity index (χ4n) is 1.11. The highest BCUT2D eigenvalue weighted by Crippen LogP contribution is 2.17. The van der Waals surface area contributed by atoms with Crippen molar-refractivity contribution in [3.05, 3.63) is 42.9 Å². The molecular weight excluding hydrogens is 164 g/mol. The Morgan fingerprint density at radius 1 is 1.23 bits per heavy atom. The number of aromatic nitrogens is 2. The number of H-pyrrole nitrogens is 1. The maximum absolute atomic E-state index is 5.82. The average Bonchev–Trinajstić information content (AvgIpc) is 2.71. The third-order valence-corrected chi connectivity index (χ3v) is 1.78. The fourth-order valence-corrected chi connectivity index (χ4v) is 1.11. The van der Waals surface area contributed by atoms with Gasteiger partial charge in [-0.15, -0.1) is 0 Å². The van der Waals surface area contributed by atoms with Gasteiger partial charge in [0.1, 0.15) is 5.82 Å². The van der Waals surface area contributed by atoms with Crippen molar-refractivity contribution in [1.29, 1.82) is 0 Å². The van der Waals surface area contributed by atoms with E-state index in [1.54, 1.807) is 17.5 Å². The van der Waals surface area contributed by atoms with E-state index in [-0.39, 0.29) is 0 Å². The van der Waals surface area contributed by atoms with Gasteiger partial charge in [0.05, 0.1) is 18.2 Å². The molecule has 0 amide bonds. The number of rotatable bonds is 2. The molecule has 0 aliphatic carbocycles. The summed E-state index contributed by atoms with van der Waals surface area (Å²) < 4.78 is 0. The molecule has 0 saturated heterocycles. The first-order valence-corrected chi connectivity index (χ1v) is 3.96. The minimum absolute atomic E-state index is 0.770. The summed E-state index contributed by atoms with van der Waals surface area (Å²) in [6.45, 7) is 0. The zero-order valence-electron chi connectivity index (χ0n) is 7.01. The van der Waals surface area contributed by atoms with Crippen molar-refractivity contribution in [1.82, 2.24) is 9.97 Å². The van der Waals surface area contributed by atoms with Crippen LogP contribution in [0.2, 0.25) is 0 Å². The molecule has 1 aromatic carbocycles. The lowest BCUT2D eigenvalue weighted by Gasteiger charge is -2.15. The summed E-state index contributed by atoms with van der Waals surface area (Å²) in [5.74, 6) is 6.59. The predicted octanol–water partition coefficient (Wildman–Crippen LogP) is 1.42. The maximum Gasteiger partial charge on any atom is 0.144 e. The Kier molecular flexibility index (Phi) is 1.97. The van der Waals surface area contributed by atoms with Gasteiger partial charge in [0, 0.05) is 0 Å². The molecular formula is C9H10N4. The Morgan fingerprint density at radius 3 is 2.62 bits per heavy atom. The van der Waals surface area contributed by atoms with Crippen LogP contribution in [0.15, 0.2) is 42.9 Å². The van der Waals surface area contributed by atoms with Gasteiger partial charge in [-0.05, 0) is 12.1 Å². The van der Waals surface area contributed by atoms with Crippen LogP contribution in [0.5, 0.6) is 0 Å². The number of hydrogen-bond acceptors (Lipinski definition) is 3. The summed E-state index contributed by atoms with van der Waals surface area (Å²) in [5.41, 5.74) is 0.923. The lowest BCUT2D eigenvalue weighted by Crippen LogP contribution is -2.24. The lowest BCUT2D eigenvalue weighted by atomic mass is 10.3. The molecule has 3 N–H and O–H groups in total. The summed E-state index contributed by atoms with van der Waals surface area (Å²) >= 11 is 0. The first kappa shape index (κ1) is 7.82. The van der Waals surface area contributed by atoms with Gasteiger partial charge in [0.2, 0.25) is 0 Å². The largest absolute Gasteiger partial charge is 0.330 e. The van der Waals surface area contributed by atoms with E-state index in [0.29, 0.717) is 0 Å². The van der Waals surface area contributed by atoms with Crippen LogP contribution in [-0.2, 0) is 0 Å². The molecule has 1 aromatic heterocycles. The van der Waals surface area contributed by atoms with Crippen molar-refractivity contribution in [2.45, 2.75) is 0 Å². The molecule has 0 unspecified atom stereocenters. The zero-order chi connectivity index (χ0) is 9.10. The summed E-state index contributed by atoms with van der Waals surface area (Å²) in [5, 5.41) is 1.55. The molecule has 0 aliphatic heterocycles.